The van der Waals surface area contributed by atoms with E-state index in [2.05, 4.69) is 5.32 Å². The number of non-ortho nitro benzene ring substituents is 1. The zero-order valence-corrected chi connectivity index (χ0v) is 13.6. The molecule has 1 aromatic rings. The Kier molecular flexibility index (Phi) is 5.02. The van der Waals surface area contributed by atoms with Gasteiger partial charge < -0.3 is 5.32 Å². The molecule has 1 heterocycles. The fraction of sp³-hybridized carbons (Fsp3) is 0.571. The van der Waals surface area contributed by atoms with Crippen LogP contribution in [0.4, 0.5) is 11.4 Å². The Balaban J connectivity index is 1.88. The Morgan fingerprint density at radius 2 is 2.00 bits per heavy atom. The molecule has 0 saturated carbocycles. The van der Waals surface area contributed by atoms with Crippen LogP contribution in [0, 0.1) is 23.0 Å². The van der Waals surface area contributed by atoms with Crippen LogP contribution in [0.15, 0.2) is 18.2 Å². The second-order valence-corrected chi connectivity index (χ2v) is 7.73. The Morgan fingerprint density at radius 3 is 2.50 bits per heavy atom. The third-order valence-electron chi connectivity index (χ3n) is 4.04. The van der Waals surface area contributed by atoms with E-state index in [1.165, 1.54) is 16.6 Å². The molecule has 2 rings (SSSR count). The zero-order chi connectivity index (χ0) is 16.3. The first-order valence-electron chi connectivity index (χ1n) is 7.21. The standard InChI is InChI=1S/C14H21N3O4S/c1-11-9-13(17(18)19)3-4-14(11)15-10-12-5-7-16(8-6-12)22(2,20)21/h3-4,9,12,15H,5-8,10H2,1-2H3. The van der Waals surface area contributed by atoms with Crippen LogP contribution in [0.1, 0.15) is 18.4 Å². The summed E-state index contributed by atoms with van der Waals surface area (Å²) >= 11 is 0. The van der Waals surface area contributed by atoms with Gasteiger partial charge in [-0.05, 0) is 37.3 Å². The number of piperidine rings is 1. The molecule has 1 fully saturated rings. The molecule has 1 N–H and O–H groups in total. The quantitative estimate of drug-likeness (QED) is 0.659. The van der Waals surface area contributed by atoms with Gasteiger partial charge in [0.1, 0.15) is 0 Å². The van der Waals surface area contributed by atoms with Crippen LogP contribution in [-0.4, -0.2) is 43.5 Å². The first-order valence-corrected chi connectivity index (χ1v) is 9.06. The number of nitrogens with zero attached hydrogens (tertiary/aromatic N) is 2. The average Bonchev–Trinajstić information content (AvgIpc) is 2.45. The maximum absolute atomic E-state index is 11.5. The van der Waals surface area contributed by atoms with Gasteiger partial charge >= 0.3 is 0 Å². The van der Waals surface area contributed by atoms with Crippen molar-refractivity contribution in [1.82, 2.24) is 4.31 Å². The molecule has 1 aromatic carbocycles. The molecule has 1 saturated heterocycles. The third-order valence-corrected chi connectivity index (χ3v) is 5.35. The number of rotatable bonds is 5. The number of nitrogens with one attached hydrogen (secondary N) is 1. The molecular weight excluding hydrogens is 306 g/mol. The second kappa shape index (κ2) is 6.62. The Bertz CT molecular complexity index is 652. The molecule has 0 radical (unpaired) electrons. The lowest BCUT2D eigenvalue weighted by atomic mass is 9.98. The van der Waals surface area contributed by atoms with Gasteiger partial charge in [0.05, 0.1) is 11.2 Å². The van der Waals surface area contributed by atoms with Gasteiger partial charge in [-0.25, -0.2) is 12.7 Å². The van der Waals surface area contributed by atoms with Crippen LogP contribution in [0.5, 0.6) is 0 Å². The van der Waals surface area contributed by atoms with Crippen molar-refractivity contribution in [3.8, 4) is 0 Å². The van der Waals surface area contributed by atoms with E-state index < -0.39 is 14.9 Å². The van der Waals surface area contributed by atoms with Gasteiger partial charge in [-0.1, -0.05) is 0 Å². The molecule has 22 heavy (non-hydrogen) atoms. The summed E-state index contributed by atoms with van der Waals surface area (Å²) in [4.78, 5) is 10.3. The van der Waals surface area contributed by atoms with E-state index in [1.807, 2.05) is 6.92 Å². The molecule has 1 aliphatic heterocycles. The van der Waals surface area contributed by atoms with E-state index in [1.54, 1.807) is 12.1 Å². The van der Waals surface area contributed by atoms with E-state index in [-0.39, 0.29) is 5.69 Å². The predicted octanol–water partition coefficient (Wildman–Crippen LogP) is 1.99. The maximum atomic E-state index is 11.5. The van der Waals surface area contributed by atoms with E-state index in [9.17, 15) is 18.5 Å². The number of hydrogen-bond donors (Lipinski definition) is 1. The van der Waals surface area contributed by atoms with Gasteiger partial charge in [0.25, 0.3) is 5.69 Å². The van der Waals surface area contributed by atoms with Crippen molar-refractivity contribution in [3.05, 3.63) is 33.9 Å². The summed E-state index contributed by atoms with van der Waals surface area (Å²) in [7, 11) is -3.09. The number of anilines is 1. The summed E-state index contributed by atoms with van der Waals surface area (Å²) in [6.45, 7) is 3.70. The summed E-state index contributed by atoms with van der Waals surface area (Å²) in [5.74, 6) is 0.410. The molecule has 0 unspecified atom stereocenters. The minimum Gasteiger partial charge on any atom is -0.385 e. The van der Waals surface area contributed by atoms with Crippen molar-refractivity contribution in [3.63, 3.8) is 0 Å². The van der Waals surface area contributed by atoms with Crippen molar-refractivity contribution in [2.24, 2.45) is 5.92 Å². The molecule has 7 nitrogen and oxygen atoms in total. The Morgan fingerprint density at radius 1 is 1.36 bits per heavy atom. The van der Waals surface area contributed by atoms with E-state index >= 15 is 0 Å². The van der Waals surface area contributed by atoms with Gasteiger partial charge in [0, 0.05) is 37.5 Å². The lowest BCUT2D eigenvalue weighted by molar-refractivity contribution is -0.384. The van der Waals surface area contributed by atoms with Crippen LogP contribution in [0.25, 0.3) is 0 Å². The number of hydrogen-bond acceptors (Lipinski definition) is 5. The molecule has 0 bridgehead atoms. The molecular formula is C14H21N3O4S. The molecule has 0 amide bonds. The molecule has 122 valence electrons. The largest absolute Gasteiger partial charge is 0.385 e. The first-order chi connectivity index (χ1) is 10.3. The maximum Gasteiger partial charge on any atom is 0.269 e. The van der Waals surface area contributed by atoms with Gasteiger partial charge in [0.15, 0.2) is 0 Å². The highest BCUT2D eigenvalue weighted by molar-refractivity contribution is 7.88. The number of sulfonamides is 1. The monoisotopic (exact) mass is 327 g/mol. The number of benzene rings is 1. The van der Waals surface area contributed by atoms with Crippen molar-refractivity contribution in [2.45, 2.75) is 19.8 Å². The normalized spacial score (nSPS) is 17.4. The third kappa shape index (κ3) is 4.17. The highest BCUT2D eigenvalue weighted by Crippen LogP contribution is 2.23. The molecule has 0 atom stereocenters. The summed E-state index contributed by atoms with van der Waals surface area (Å²) in [6.07, 6.45) is 2.89. The number of nitro benzene ring substituents is 1. The molecule has 1 aliphatic rings. The van der Waals surface area contributed by atoms with E-state index in [0.29, 0.717) is 19.0 Å². The first kappa shape index (κ1) is 16.7. The van der Waals surface area contributed by atoms with Gasteiger partial charge in [-0.15, -0.1) is 0 Å². The molecule has 0 aliphatic carbocycles. The highest BCUT2D eigenvalue weighted by atomic mass is 32.2. The topological polar surface area (TPSA) is 92.6 Å². The van der Waals surface area contributed by atoms with Crippen LogP contribution in [0.3, 0.4) is 0 Å². The van der Waals surface area contributed by atoms with Crippen LogP contribution in [0.2, 0.25) is 0 Å². The molecule has 0 aromatic heterocycles. The summed E-state index contributed by atoms with van der Waals surface area (Å²) in [5, 5.41) is 14.0. The highest BCUT2D eigenvalue weighted by Gasteiger charge is 2.24. The lowest BCUT2D eigenvalue weighted by Crippen LogP contribution is -2.39. The molecule has 0 spiro atoms. The predicted molar refractivity (Wildman–Crippen MR) is 85.5 cm³/mol. The minimum absolute atomic E-state index is 0.0875. The van der Waals surface area contributed by atoms with Crippen molar-refractivity contribution in [2.75, 3.05) is 31.2 Å². The van der Waals surface area contributed by atoms with E-state index in [0.717, 1.165) is 30.6 Å². The van der Waals surface area contributed by atoms with Gasteiger partial charge in [-0.2, -0.15) is 0 Å². The van der Waals surface area contributed by atoms with E-state index in [4.69, 9.17) is 0 Å². The van der Waals surface area contributed by atoms with Crippen molar-refractivity contribution >= 4 is 21.4 Å². The summed E-state index contributed by atoms with van der Waals surface area (Å²) in [6, 6.07) is 4.76. The molecule has 8 heteroatoms. The number of aryl methyl sites for hydroxylation is 1. The lowest BCUT2D eigenvalue weighted by Gasteiger charge is -2.30. The van der Waals surface area contributed by atoms with Crippen molar-refractivity contribution in [1.29, 1.82) is 0 Å². The SMILES string of the molecule is Cc1cc([N+](=O)[O-])ccc1NCC1CCN(S(C)(=O)=O)CC1. The minimum atomic E-state index is -3.09. The zero-order valence-electron chi connectivity index (χ0n) is 12.8. The van der Waals surface area contributed by atoms with Crippen molar-refractivity contribution < 1.29 is 13.3 Å². The second-order valence-electron chi connectivity index (χ2n) is 5.74. The smallest absolute Gasteiger partial charge is 0.269 e. The van der Waals surface area contributed by atoms with Crippen LogP contribution in [-0.2, 0) is 10.0 Å². The average molecular weight is 327 g/mol. The number of nitro groups is 1. The van der Waals surface area contributed by atoms with Crippen LogP contribution < -0.4 is 5.32 Å². The summed E-state index contributed by atoms with van der Waals surface area (Å²) < 4.78 is 24.4. The fourth-order valence-electron chi connectivity index (χ4n) is 2.66. The fourth-order valence-corrected chi connectivity index (χ4v) is 3.53. The van der Waals surface area contributed by atoms with Gasteiger partial charge in [-0.3, -0.25) is 10.1 Å². The van der Waals surface area contributed by atoms with Crippen LogP contribution >= 0.6 is 0 Å². The summed E-state index contributed by atoms with van der Waals surface area (Å²) in [5.41, 5.74) is 1.81. The van der Waals surface area contributed by atoms with Gasteiger partial charge in [0.2, 0.25) is 10.0 Å². The Labute approximate surface area is 130 Å². The Hall–Kier alpha value is -1.67.